The first-order valence-electron chi connectivity index (χ1n) is 6.34. The van der Waals surface area contributed by atoms with E-state index in [9.17, 15) is 4.79 Å². The number of nitrogens with zero attached hydrogens (tertiary/aromatic N) is 1. The van der Waals surface area contributed by atoms with Crippen LogP contribution in [0.2, 0.25) is 0 Å². The molecular formula is C12H25N3O. The van der Waals surface area contributed by atoms with Crippen molar-refractivity contribution in [2.24, 2.45) is 5.92 Å². The fourth-order valence-corrected chi connectivity index (χ4v) is 2.04. The maximum Gasteiger partial charge on any atom is 0.236 e. The summed E-state index contributed by atoms with van der Waals surface area (Å²) in [7, 11) is 1.81. The Morgan fingerprint density at radius 2 is 2.06 bits per heavy atom. The van der Waals surface area contributed by atoms with E-state index in [1.807, 2.05) is 14.0 Å². The summed E-state index contributed by atoms with van der Waals surface area (Å²) in [6.45, 7) is 8.43. The standard InChI is InChI=1S/C12H25N3O/c1-4-15-7-5-11(6-8-15)9-14-12(16)10(2)13-3/h10-11,13H,4-9H2,1-3H3,(H,14,16). The molecule has 1 rings (SSSR count). The summed E-state index contributed by atoms with van der Waals surface area (Å²) in [5.41, 5.74) is 0. The number of likely N-dealkylation sites (tertiary alicyclic amines) is 1. The predicted molar refractivity (Wildman–Crippen MR) is 66.4 cm³/mol. The van der Waals surface area contributed by atoms with Crippen molar-refractivity contribution in [1.29, 1.82) is 0 Å². The Kier molecular flexibility index (Phi) is 5.77. The molecule has 1 amide bonds. The van der Waals surface area contributed by atoms with Gasteiger partial charge in [-0.2, -0.15) is 0 Å². The molecule has 0 aliphatic carbocycles. The molecule has 0 aromatic rings. The lowest BCUT2D eigenvalue weighted by Crippen LogP contribution is -2.44. The third-order valence-electron chi connectivity index (χ3n) is 3.55. The second-order valence-electron chi connectivity index (χ2n) is 4.63. The number of nitrogens with one attached hydrogen (secondary N) is 2. The van der Waals surface area contributed by atoms with E-state index in [0.29, 0.717) is 5.92 Å². The van der Waals surface area contributed by atoms with E-state index in [2.05, 4.69) is 22.5 Å². The lowest BCUT2D eigenvalue weighted by atomic mass is 9.97. The fourth-order valence-electron chi connectivity index (χ4n) is 2.04. The minimum absolute atomic E-state index is 0.0873. The number of carbonyl (C=O) groups excluding carboxylic acids is 1. The molecule has 1 unspecified atom stereocenters. The third kappa shape index (κ3) is 4.10. The average Bonchev–Trinajstić information content (AvgIpc) is 2.35. The van der Waals surface area contributed by atoms with E-state index in [1.165, 1.54) is 25.9 Å². The molecule has 94 valence electrons. The van der Waals surface area contributed by atoms with Gasteiger partial charge in [-0.15, -0.1) is 0 Å². The summed E-state index contributed by atoms with van der Waals surface area (Å²) in [4.78, 5) is 14.0. The minimum atomic E-state index is -0.0873. The van der Waals surface area contributed by atoms with Crippen LogP contribution in [0.15, 0.2) is 0 Å². The lowest BCUT2D eigenvalue weighted by molar-refractivity contribution is -0.122. The summed E-state index contributed by atoms with van der Waals surface area (Å²) < 4.78 is 0. The van der Waals surface area contributed by atoms with Gasteiger partial charge in [0, 0.05) is 6.54 Å². The van der Waals surface area contributed by atoms with Crippen LogP contribution in [0.4, 0.5) is 0 Å². The molecule has 0 aromatic heterocycles. The Hall–Kier alpha value is -0.610. The Bertz CT molecular complexity index is 212. The van der Waals surface area contributed by atoms with Crippen molar-refractivity contribution in [2.45, 2.75) is 32.7 Å². The average molecular weight is 227 g/mol. The van der Waals surface area contributed by atoms with Gasteiger partial charge in [0.25, 0.3) is 0 Å². The van der Waals surface area contributed by atoms with Gasteiger partial charge in [0.15, 0.2) is 0 Å². The van der Waals surface area contributed by atoms with E-state index < -0.39 is 0 Å². The van der Waals surface area contributed by atoms with Crippen molar-refractivity contribution in [3.8, 4) is 0 Å². The molecule has 0 spiro atoms. The van der Waals surface area contributed by atoms with Crippen LogP contribution < -0.4 is 10.6 Å². The smallest absolute Gasteiger partial charge is 0.236 e. The van der Waals surface area contributed by atoms with E-state index in [-0.39, 0.29) is 11.9 Å². The second-order valence-corrected chi connectivity index (χ2v) is 4.63. The zero-order chi connectivity index (χ0) is 12.0. The van der Waals surface area contributed by atoms with Crippen LogP contribution in [0.5, 0.6) is 0 Å². The number of carbonyl (C=O) groups is 1. The fraction of sp³-hybridized carbons (Fsp3) is 0.917. The van der Waals surface area contributed by atoms with Gasteiger partial charge in [0.1, 0.15) is 0 Å². The molecule has 1 aliphatic rings. The van der Waals surface area contributed by atoms with Crippen LogP contribution in [-0.4, -0.2) is 50.1 Å². The SMILES string of the molecule is CCN1CCC(CNC(=O)C(C)NC)CC1. The first-order chi connectivity index (χ1) is 7.67. The van der Waals surface area contributed by atoms with Gasteiger partial charge >= 0.3 is 0 Å². The van der Waals surface area contributed by atoms with Gasteiger partial charge in [0.05, 0.1) is 6.04 Å². The lowest BCUT2D eigenvalue weighted by Gasteiger charge is -2.31. The topological polar surface area (TPSA) is 44.4 Å². The van der Waals surface area contributed by atoms with Crippen molar-refractivity contribution in [3.63, 3.8) is 0 Å². The zero-order valence-corrected chi connectivity index (χ0v) is 10.8. The van der Waals surface area contributed by atoms with Gasteiger partial charge in [-0.05, 0) is 52.4 Å². The summed E-state index contributed by atoms with van der Waals surface area (Å²) in [5.74, 6) is 0.774. The molecular weight excluding hydrogens is 202 g/mol. The number of rotatable bonds is 5. The normalized spacial score (nSPS) is 20.7. The second kappa shape index (κ2) is 6.86. The summed E-state index contributed by atoms with van der Waals surface area (Å²) in [6.07, 6.45) is 2.42. The van der Waals surface area contributed by atoms with E-state index in [0.717, 1.165) is 13.1 Å². The van der Waals surface area contributed by atoms with Gasteiger partial charge in [-0.25, -0.2) is 0 Å². The Balaban J connectivity index is 2.17. The van der Waals surface area contributed by atoms with Gasteiger partial charge in [-0.3, -0.25) is 4.79 Å². The number of hydrogen-bond acceptors (Lipinski definition) is 3. The Morgan fingerprint density at radius 1 is 1.44 bits per heavy atom. The van der Waals surface area contributed by atoms with Crippen molar-refractivity contribution in [3.05, 3.63) is 0 Å². The highest BCUT2D eigenvalue weighted by Crippen LogP contribution is 2.15. The molecule has 0 radical (unpaired) electrons. The summed E-state index contributed by atoms with van der Waals surface area (Å²) in [6, 6.07) is -0.0873. The molecule has 4 nitrogen and oxygen atoms in total. The highest BCUT2D eigenvalue weighted by Gasteiger charge is 2.19. The molecule has 2 N–H and O–H groups in total. The number of likely N-dealkylation sites (N-methyl/N-ethyl adjacent to an activating group) is 1. The quantitative estimate of drug-likeness (QED) is 0.716. The number of piperidine rings is 1. The highest BCUT2D eigenvalue weighted by atomic mass is 16.2. The molecule has 16 heavy (non-hydrogen) atoms. The van der Waals surface area contributed by atoms with E-state index in [4.69, 9.17) is 0 Å². The van der Waals surface area contributed by atoms with Crippen molar-refractivity contribution < 1.29 is 4.79 Å². The molecule has 0 aromatic carbocycles. The van der Waals surface area contributed by atoms with Gasteiger partial charge in [-0.1, -0.05) is 6.92 Å². The first kappa shape index (κ1) is 13.5. The van der Waals surface area contributed by atoms with Crippen molar-refractivity contribution in [1.82, 2.24) is 15.5 Å². The van der Waals surface area contributed by atoms with Crippen molar-refractivity contribution in [2.75, 3.05) is 33.2 Å². The van der Waals surface area contributed by atoms with Crippen LogP contribution in [0, 0.1) is 5.92 Å². The molecule has 1 saturated heterocycles. The molecule has 1 aliphatic heterocycles. The van der Waals surface area contributed by atoms with E-state index >= 15 is 0 Å². The third-order valence-corrected chi connectivity index (χ3v) is 3.55. The highest BCUT2D eigenvalue weighted by molar-refractivity contribution is 5.81. The largest absolute Gasteiger partial charge is 0.354 e. The maximum atomic E-state index is 11.6. The molecule has 4 heteroatoms. The zero-order valence-electron chi connectivity index (χ0n) is 10.8. The van der Waals surface area contributed by atoms with Crippen LogP contribution in [0.3, 0.4) is 0 Å². The number of hydrogen-bond donors (Lipinski definition) is 2. The van der Waals surface area contributed by atoms with Crippen LogP contribution in [0.1, 0.15) is 26.7 Å². The molecule has 1 heterocycles. The van der Waals surface area contributed by atoms with E-state index in [1.54, 1.807) is 0 Å². The van der Waals surface area contributed by atoms with Crippen LogP contribution >= 0.6 is 0 Å². The number of amides is 1. The molecule has 1 atom stereocenters. The van der Waals surface area contributed by atoms with Crippen LogP contribution in [-0.2, 0) is 4.79 Å². The molecule has 1 fully saturated rings. The molecule has 0 saturated carbocycles. The molecule has 0 bridgehead atoms. The van der Waals surface area contributed by atoms with Gasteiger partial charge < -0.3 is 15.5 Å². The first-order valence-corrected chi connectivity index (χ1v) is 6.34. The maximum absolute atomic E-state index is 11.6. The summed E-state index contributed by atoms with van der Waals surface area (Å²) in [5, 5.41) is 5.96. The van der Waals surface area contributed by atoms with Crippen LogP contribution in [0.25, 0.3) is 0 Å². The monoisotopic (exact) mass is 227 g/mol. The summed E-state index contributed by atoms with van der Waals surface area (Å²) >= 11 is 0. The van der Waals surface area contributed by atoms with Gasteiger partial charge in [0.2, 0.25) is 5.91 Å². The Morgan fingerprint density at radius 3 is 2.56 bits per heavy atom. The Labute approximate surface area is 98.8 Å². The predicted octanol–water partition coefficient (Wildman–Crippen LogP) is 0.442. The minimum Gasteiger partial charge on any atom is -0.354 e. The van der Waals surface area contributed by atoms with Crippen molar-refractivity contribution >= 4 is 5.91 Å².